The molecule has 2 atom stereocenters. The Labute approximate surface area is 95.1 Å². The number of nitrogens with one attached hydrogen (secondary N) is 1. The Kier molecular flexibility index (Phi) is 2.09. The van der Waals surface area contributed by atoms with Gasteiger partial charge in [-0.2, -0.15) is 0 Å². The molecule has 1 saturated carbocycles. The van der Waals surface area contributed by atoms with Gasteiger partial charge in [-0.25, -0.2) is 9.98 Å². The lowest BCUT2D eigenvalue weighted by molar-refractivity contribution is 0.496. The van der Waals surface area contributed by atoms with Gasteiger partial charge in [-0.1, -0.05) is 13.5 Å². The average Bonchev–Trinajstić information content (AvgIpc) is 2.84. The lowest BCUT2D eigenvalue weighted by Gasteiger charge is -2.16. The summed E-state index contributed by atoms with van der Waals surface area (Å²) in [4.78, 5) is 8.77. The van der Waals surface area contributed by atoms with Crippen LogP contribution in [0.5, 0.6) is 0 Å². The molecule has 1 N–H and O–H groups in total. The second-order valence-electron chi connectivity index (χ2n) is 4.78. The Morgan fingerprint density at radius 3 is 3.12 bits per heavy atom. The molecule has 1 aliphatic heterocycles. The third-order valence-corrected chi connectivity index (χ3v) is 3.54. The Bertz CT molecular complexity index is 458. The maximum Gasteiger partial charge on any atom is 0.163 e. The zero-order valence-electron chi connectivity index (χ0n) is 9.48. The van der Waals surface area contributed by atoms with Crippen LogP contribution in [0.2, 0.25) is 0 Å². The molecule has 1 aromatic heterocycles. The van der Waals surface area contributed by atoms with E-state index in [2.05, 4.69) is 33.4 Å². The molecule has 1 fully saturated rings. The number of aromatic nitrogens is 2. The monoisotopic (exact) mass is 216 g/mol. The van der Waals surface area contributed by atoms with Crippen LogP contribution in [0.15, 0.2) is 17.9 Å². The van der Waals surface area contributed by atoms with E-state index in [0.29, 0.717) is 6.04 Å². The first-order valence-corrected chi connectivity index (χ1v) is 5.81. The zero-order chi connectivity index (χ0) is 11.1. The molecule has 0 saturated heterocycles. The van der Waals surface area contributed by atoms with E-state index in [0.717, 1.165) is 23.1 Å². The number of fused-ring (bicyclic) bond motifs is 1. The summed E-state index contributed by atoms with van der Waals surface area (Å²) in [6.07, 6.45) is 7.38. The summed E-state index contributed by atoms with van der Waals surface area (Å²) >= 11 is 0. The van der Waals surface area contributed by atoms with Crippen LogP contribution in [-0.2, 0) is 0 Å². The van der Waals surface area contributed by atoms with Gasteiger partial charge in [0, 0.05) is 6.04 Å². The van der Waals surface area contributed by atoms with Gasteiger partial charge >= 0.3 is 0 Å². The van der Waals surface area contributed by atoms with Crippen molar-refractivity contribution in [2.24, 2.45) is 10.9 Å². The fourth-order valence-corrected chi connectivity index (χ4v) is 2.63. The highest BCUT2D eigenvalue weighted by Gasteiger charge is 2.26. The van der Waals surface area contributed by atoms with Gasteiger partial charge < -0.3 is 9.88 Å². The lowest BCUT2D eigenvalue weighted by atomic mass is 10.1. The van der Waals surface area contributed by atoms with Crippen molar-refractivity contribution >= 4 is 17.9 Å². The molecule has 16 heavy (non-hydrogen) atoms. The SMILES string of the molecule is C=C1NC=Nc2c1ncn2C1CCC(C)C1. The molecule has 84 valence electrons. The fraction of sp³-hybridized carbons (Fsp3) is 0.500. The molecule has 0 radical (unpaired) electrons. The van der Waals surface area contributed by atoms with E-state index < -0.39 is 0 Å². The number of aliphatic imine (C=N–C) groups is 1. The van der Waals surface area contributed by atoms with Gasteiger partial charge in [0.05, 0.1) is 18.4 Å². The number of hydrogen-bond donors (Lipinski definition) is 1. The van der Waals surface area contributed by atoms with Crippen molar-refractivity contribution < 1.29 is 0 Å². The smallest absolute Gasteiger partial charge is 0.163 e. The first-order chi connectivity index (χ1) is 7.75. The molecule has 2 aliphatic rings. The summed E-state index contributed by atoms with van der Waals surface area (Å²) in [7, 11) is 0. The summed E-state index contributed by atoms with van der Waals surface area (Å²) in [5.41, 5.74) is 1.73. The molecule has 0 spiro atoms. The van der Waals surface area contributed by atoms with Gasteiger partial charge in [0.2, 0.25) is 0 Å². The van der Waals surface area contributed by atoms with Gasteiger partial charge in [0.25, 0.3) is 0 Å². The minimum atomic E-state index is 0.564. The molecule has 3 rings (SSSR count). The molecule has 1 aliphatic carbocycles. The van der Waals surface area contributed by atoms with Gasteiger partial charge in [-0.15, -0.1) is 0 Å². The van der Waals surface area contributed by atoms with Crippen molar-refractivity contribution in [3.05, 3.63) is 18.6 Å². The van der Waals surface area contributed by atoms with Gasteiger partial charge in [-0.05, 0) is 25.2 Å². The quantitative estimate of drug-likeness (QED) is 0.783. The highest BCUT2D eigenvalue weighted by molar-refractivity contribution is 5.83. The molecular formula is C12H16N4. The largest absolute Gasteiger partial charge is 0.345 e. The summed E-state index contributed by atoms with van der Waals surface area (Å²) in [6, 6.07) is 0.564. The highest BCUT2D eigenvalue weighted by atomic mass is 15.2. The Balaban J connectivity index is 1.98. The third kappa shape index (κ3) is 1.37. The second-order valence-corrected chi connectivity index (χ2v) is 4.78. The molecule has 4 heteroatoms. The second kappa shape index (κ2) is 3.47. The summed E-state index contributed by atoms with van der Waals surface area (Å²) < 4.78 is 2.21. The summed E-state index contributed by atoms with van der Waals surface area (Å²) in [5.74, 6) is 1.78. The third-order valence-electron chi connectivity index (χ3n) is 3.54. The van der Waals surface area contributed by atoms with Crippen molar-refractivity contribution in [1.82, 2.24) is 14.9 Å². The minimum Gasteiger partial charge on any atom is -0.345 e. The van der Waals surface area contributed by atoms with E-state index in [-0.39, 0.29) is 0 Å². The topological polar surface area (TPSA) is 42.2 Å². The maximum atomic E-state index is 4.39. The Morgan fingerprint density at radius 1 is 1.50 bits per heavy atom. The number of nitrogens with zero attached hydrogens (tertiary/aromatic N) is 3. The normalized spacial score (nSPS) is 27.9. The van der Waals surface area contributed by atoms with Gasteiger partial charge in [-0.3, -0.25) is 0 Å². The van der Waals surface area contributed by atoms with E-state index in [4.69, 9.17) is 0 Å². The molecule has 0 aromatic carbocycles. The average molecular weight is 216 g/mol. The molecule has 4 nitrogen and oxygen atoms in total. The zero-order valence-corrected chi connectivity index (χ0v) is 9.48. The van der Waals surface area contributed by atoms with Crippen molar-refractivity contribution in [3.63, 3.8) is 0 Å². The van der Waals surface area contributed by atoms with Crippen LogP contribution in [0.25, 0.3) is 5.70 Å². The summed E-state index contributed by atoms with van der Waals surface area (Å²) in [5, 5.41) is 2.99. The number of rotatable bonds is 1. The van der Waals surface area contributed by atoms with Crippen LogP contribution in [0.4, 0.5) is 5.82 Å². The van der Waals surface area contributed by atoms with Gasteiger partial charge in [0.15, 0.2) is 5.82 Å². The van der Waals surface area contributed by atoms with E-state index in [1.54, 1.807) is 6.34 Å². The van der Waals surface area contributed by atoms with Crippen LogP contribution in [-0.4, -0.2) is 15.9 Å². The van der Waals surface area contributed by atoms with Crippen LogP contribution >= 0.6 is 0 Å². The van der Waals surface area contributed by atoms with Crippen LogP contribution in [0.1, 0.15) is 37.9 Å². The minimum absolute atomic E-state index is 0.564. The van der Waals surface area contributed by atoms with E-state index in [1.165, 1.54) is 19.3 Å². The highest BCUT2D eigenvalue weighted by Crippen LogP contribution is 2.38. The summed E-state index contributed by atoms with van der Waals surface area (Å²) in [6.45, 7) is 6.24. The van der Waals surface area contributed by atoms with Crippen LogP contribution < -0.4 is 5.32 Å². The predicted octanol–water partition coefficient (Wildman–Crippen LogP) is 2.48. The molecule has 1 aromatic rings. The number of imidazole rings is 1. The van der Waals surface area contributed by atoms with Gasteiger partial charge in [0.1, 0.15) is 5.69 Å². The standard InChI is InChI=1S/C12H16N4/c1-8-3-4-10(5-8)16-7-15-11-9(2)13-6-14-12(11)16/h6-8,10H,2-5H2,1H3,(H,13,14). The van der Waals surface area contributed by atoms with Crippen LogP contribution in [0, 0.1) is 5.92 Å². The molecule has 0 amide bonds. The van der Waals surface area contributed by atoms with Crippen molar-refractivity contribution in [2.75, 3.05) is 0 Å². The first kappa shape index (κ1) is 9.63. The Hall–Kier alpha value is -1.58. The molecule has 2 heterocycles. The lowest BCUT2D eigenvalue weighted by Crippen LogP contribution is -2.13. The van der Waals surface area contributed by atoms with Crippen molar-refractivity contribution in [3.8, 4) is 0 Å². The number of hydrogen-bond acceptors (Lipinski definition) is 3. The maximum absolute atomic E-state index is 4.39. The molecule has 0 bridgehead atoms. The molecular weight excluding hydrogens is 200 g/mol. The fourth-order valence-electron chi connectivity index (χ4n) is 2.63. The predicted molar refractivity (Wildman–Crippen MR) is 64.6 cm³/mol. The first-order valence-electron chi connectivity index (χ1n) is 5.81. The van der Waals surface area contributed by atoms with Crippen molar-refractivity contribution in [1.29, 1.82) is 0 Å². The van der Waals surface area contributed by atoms with E-state index >= 15 is 0 Å². The van der Waals surface area contributed by atoms with Crippen LogP contribution in [0.3, 0.4) is 0 Å². The van der Waals surface area contributed by atoms with E-state index in [1.807, 2.05) is 6.33 Å². The Morgan fingerprint density at radius 2 is 2.38 bits per heavy atom. The molecule has 2 unspecified atom stereocenters. The van der Waals surface area contributed by atoms with Crippen molar-refractivity contribution in [2.45, 2.75) is 32.2 Å². The van der Waals surface area contributed by atoms with E-state index in [9.17, 15) is 0 Å².